The van der Waals surface area contributed by atoms with E-state index in [1.807, 2.05) is 57.4 Å². The van der Waals surface area contributed by atoms with Gasteiger partial charge in [0.2, 0.25) is 0 Å². The van der Waals surface area contributed by atoms with Crippen LogP contribution in [0.5, 0.6) is 5.75 Å². The van der Waals surface area contributed by atoms with Crippen molar-refractivity contribution >= 4 is 33.4 Å². The van der Waals surface area contributed by atoms with E-state index in [1.165, 1.54) is 12.1 Å². The number of carbonyl (C=O) groups excluding carboxylic acids is 1. The number of nitrogens with one attached hydrogen (secondary N) is 2. The Bertz CT molecular complexity index is 1270. The Hall–Kier alpha value is -2.97. The summed E-state index contributed by atoms with van der Waals surface area (Å²) in [6, 6.07) is 17.9. The number of amides is 1. The van der Waals surface area contributed by atoms with E-state index in [-0.39, 0.29) is 23.5 Å². The third-order valence-corrected chi connectivity index (χ3v) is 7.69. The van der Waals surface area contributed by atoms with Crippen molar-refractivity contribution in [2.75, 3.05) is 17.6 Å². The molecule has 3 aromatic rings. The number of hydrogen-bond acceptors (Lipinski definition) is 5. The predicted octanol–water partition coefficient (Wildman–Crippen LogP) is 5.39. The molecule has 0 heterocycles. The average Bonchev–Trinajstić information content (AvgIpc) is 2.80. The summed E-state index contributed by atoms with van der Waals surface area (Å²) in [4.78, 5) is 13.7. The minimum Gasteiger partial charge on any atom is -0.484 e. The van der Waals surface area contributed by atoms with Crippen LogP contribution in [0.1, 0.15) is 35.2 Å². The summed E-state index contributed by atoms with van der Waals surface area (Å²) in [7, 11) is -3.75. The fourth-order valence-electron chi connectivity index (χ4n) is 3.37. The van der Waals surface area contributed by atoms with E-state index in [0.717, 1.165) is 21.6 Å². The molecule has 0 saturated heterocycles. The lowest BCUT2D eigenvalue weighted by Gasteiger charge is -2.16. The zero-order chi connectivity index (χ0) is 24.9. The standard InChI is InChI=1S/C26H30N2O4S2/c1-17-6-9-22(14-18(17)2)28-34(30,31)24-12-13-25(19(3)15-24)32-16-26(29)27-20(4)21-7-10-23(33-5)11-8-21/h6-15,20,28H,16H2,1-5H3,(H,27,29)/t20-/m1/s1. The first-order chi connectivity index (χ1) is 16.1. The van der Waals surface area contributed by atoms with Crippen molar-refractivity contribution in [3.05, 3.63) is 82.9 Å². The van der Waals surface area contributed by atoms with Crippen molar-refractivity contribution in [2.45, 2.75) is 43.5 Å². The molecule has 1 amide bonds. The number of thioether (sulfide) groups is 1. The first-order valence-corrected chi connectivity index (χ1v) is 13.6. The second-order valence-electron chi connectivity index (χ2n) is 8.18. The van der Waals surface area contributed by atoms with Gasteiger partial charge in [0.15, 0.2) is 6.61 Å². The molecule has 2 N–H and O–H groups in total. The maximum absolute atomic E-state index is 12.8. The van der Waals surface area contributed by atoms with Crippen LogP contribution in [0.15, 0.2) is 70.5 Å². The zero-order valence-electron chi connectivity index (χ0n) is 20.0. The molecule has 3 rings (SSSR count). The van der Waals surface area contributed by atoms with Crippen molar-refractivity contribution in [1.29, 1.82) is 0 Å². The van der Waals surface area contributed by atoms with Gasteiger partial charge in [-0.25, -0.2) is 8.42 Å². The van der Waals surface area contributed by atoms with Crippen LogP contribution in [0.2, 0.25) is 0 Å². The molecule has 0 radical (unpaired) electrons. The van der Waals surface area contributed by atoms with Gasteiger partial charge in [0, 0.05) is 10.6 Å². The average molecular weight is 499 g/mol. The summed E-state index contributed by atoms with van der Waals surface area (Å²) in [5.41, 5.74) is 4.23. The molecule has 6 nitrogen and oxygen atoms in total. The third kappa shape index (κ3) is 6.55. The van der Waals surface area contributed by atoms with Crippen LogP contribution in [-0.4, -0.2) is 27.2 Å². The van der Waals surface area contributed by atoms with Crippen molar-refractivity contribution in [3.63, 3.8) is 0 Å². The van der Waals surface area contributed by atoms with Gasteiger partial charge in [0.05, 0.1) is 10.9 Å². The van der Waals surface area contributed by atoms with Crippen LogP contribution in [0.3, 0.4) is 0 Å². The Kier molecular flexibility index (Phi) is 8.28. The van der Waals surface area contributed by atoms with Crippen LogP contribution >= 0.6 is 11.8 Å². The minimum atomic E-state index is -3.75. The predicted molar refractivity (Wildman–Crippen MR) is 138 cm³/mol. The fourth-order valence-corrected chi connectivity index (χ4v) is 4.91. The molecule has 0 aliphatic carbocycles. The summed E-state index contributed by atoms with van der Waals surface area (Å²) in [5.74, 6) is 0.200. The van der Waals surface area contributed by atoms with Gasteiger partial charge in [0.1, 0.15) is 5.75 Å². The van der Waals surface area contributed by atoms with E-state index in [4.69, 9.17) is 4.74 Å². The molecule has 0 bridgehead atoms. The van der Waals surface area contributed by atoms with Gasteiger partial charge in [-0.3, -0.25) is 9.52 Å². The number of sulfonamides is 1. The largest absolute Gasteiger partial charge is 0.484 e. The van der Waals surface area contributed by atoms with Gasteiger partial charge in [-0.15, -0.1) is 11.8 Å². The molecule has 8 heteroatoms. The molecule has 180 valence electrons. The summed E-state index contributed by atoms with van der Waals surface area (Å²) in [6.45, 7) is 7.40. The smallest absolute Gasteiger partial charge is 0.261 e. The zero-order valence-corrected chi connectivity index (χ0v) is 21.6. The number of carbonyl (C=O) groups is 1. The van der Waals surface area contributed by atoms with E-state index in [9.17, 15) is 13.2 Å². The third-order valence-electron chi connectivity index (χ3n) is 5.57. The Morgan fingerprint density at radius 1 is 0.941 bits per heavy atom. The van der Waals surface area contributed by atoms with E-state index >= 15 is 0 Å². The van der Waals surface area contributed by atoms with Crippen LogP contribution in [0.25, 0.3) is 0 Å². The lowest BCUT2D eigenvalue weighted by Crippen LogP contribution is -2.31. The lowest BCUT2D eigenvalue weighted by molar-refractivity contribution is -0.123. The summed E-state index contributed by atoms with van der Waals surface area (Å²) >= 11 is 1.66. The molecule has 3 aromatic carbocycles. The van der Waals surface area contributed by atoms with Gasteiger partial charge in [-0.05, 0) is 98.7 Å². The van der Waals surface area contributed by atoms with E-state index < -0.39 is 10.0 Å². The molecule has 0 unspecified atom stereocenters. The highest BCUT2D eigenvalue weighted by Crippen LogP contribution is 2.25. The molecule has 0 saturated carbocycles. The van der Waals surface area contributed by atoms with Crippen molar-refractivity contribution in [2.24, 2.45) is 0 Å². The number of anilines is 1. The lowest BCUT2D eigenvalue weighted by atomic mass is 10.1. The molecule has 0 aliphatic heterocycles. The van der Waals surface area contributed by atoms with E-state index in [1.54, 1.807) is 36.9 Å². The number of aryl methyl sites for hydroxylation is 3. The van der Waals surface area contributed by atoms with Gasteiger partial charge >= 0.3 is 0 Å². The maximum Gasteiger partial charge on any atom is 0.261 e. The quantitative estimate of drug-likeness (QED) is 0.387. The van der Waals surface area contributed by atoms with Gasteiger partial charge < -0.3 is 10.1 Å². The Balaban J connectivity index is 1.60. The van der Waals surface area contributed by atoms with Gasteiger partial charge in [-0.2, -0.15) is 0 Å². The normalized spacial score (nSPS) is 12.1. The maximum atomic E-state index is 12.8. The van der Waals surface area contributed by atoms with Crippen LogP contribution < -0.4 is 14.8 Å². The highest BCUT2D eigenvalue weighted by atomic mass is 32.2. The number of rotatable bonds is 9. The molecular weight excluding hydrogens is 468 g/mol. The first-order valence-electron chi connectivity index (χ1n) is 10.9. The molecule has 0 aliphatic rings. The molecule has 34 heavy (non-hydrogen) atoms. The minimum absolute atomic E-state index is 0.127. The number of hydrogen-bond donors (Lipinski definition) is 2. The summed E-state index contributed by atoms with van der Waals surface area (Å²) in [5, 5.41) is 2.92. The molecule has 1 atom stereocenters. The molecule has 0 aromatic heterocycles. The van der Waals surface area contributed by atoms with E-state index in [2.05, 4.69) is 10.0 Å². The Morgan fingerprint density at radius 3 is 2.26 bits per heavy atom. The van der Waals surface area contributed by atoms with Crippen molar-refractivity contribution < 1.29 is 17.9 Å². The highest BCUT2D eigenvalue weighted by Gasteiger charge is 2.17. The monoisotopic (exact) mass is 498 g/mol. The number of benzene rings is 3. The van der Waals surface area contributed by atoms with Crippen LogP contribution in [0, 0.1) is 20.8 Å². The Labute approximate surface area is 206 Å². The SMILES string of the molecule is CSc1ccc([C@@H](C)NC(=O)COc2ccc(S(=O)(=O)Nc3ccc(C)c(C)c3)cc2C)cc1. The number of ether oxygens (including phenoxy) is 1. The van der Waals surface area contributed by atoms with Crippen molar-refractivity contribution in [1.82, 2.24) is 5.32 Å². The van der Waals surface area contributed by atoms with E-state index in [0.29, 0.717) is 17.0 Å². The highest BCUT2D eigenvalue weighted by molar-refractivity contribution is 7.98. The Morgan fingerprint density at radius 2 is 1.65 bits per heavy atom. The second kappa shape index (κ2) is 11.0. The van der Waals surface area contributed by atoms with Crippen molar-refractivity contribution in [3.8, 4) is 5.75 Å². The van der Waals surface area contributed by atoms with Crippen LogP contribution in [0.4, 0.5) is 5.69 Å². The summed E-state index contributed by atoms with van der Waals surface area (Å²) in [6.07, 6.45) is 2.02. The topological polar surface area (TPSA) is 84.5 Å². The molecule has 0 spiro atoms. The van der Waals surface area contributed by atoms with Crippen LogP contribution in [-0.2, 0) is 14.8 Å². The van der Waals surface area contributed by atoms with Gasteiger partial charge in [-0.1, -0.05) is 18.2 Å². The fraction of sp³-hybridized carbons (Fsp3) is 0.269. The van der Waals surface area contributed by atoms with Gasteiger partial charge in [0.25, 0.3) is 15.9 Å². The molecule has 0 fully saturated rings. The first kappa shape index (κ1) is 25.6. The molecular formula is C26H30N2O4S2. The second-order valence-corrected chi connectivity index (χ2v) is 10.7. The summed E-state index contributed by atoms with van der Waals surface area (Å²) < 4.78 is 33.9.